The Balaban J connectivity index is 1.36. The first-order valence-corrected chi connectivity index (χ1v) is 13.4. The molecule has 9 nitrogen and oxygen atoms in total. The van der Waals surface area contributed by atoms with Gasteiger partial charge in [-0.2, -0.15) is 8.78 Å². The second-order valence-corrected chi connectivity index (χ2v) is 10.4. The Hall–Kier alpha value is -4.71. The van der Waals surface area contributed by atoms with Gasteiger partial charge in [0.05, 0.1) is 29.2 Å². The van der Waals surface area contributed by atoms with E-state index in [0.717, 1.165) is 36.0 Å². The van der Waals surface area contributed by atoms with Crippen LogP contribution in [-0.2, 0) is 11.3 Å². The highest BCUT2D eigenvalue weighted by Gasteiger charge is 2.28. The second kappa shape index (κ2) is 11.3. The number of aromatic nitrogens is 4. The minimum Gasteiger partial charge on any atom is -0.415 e. The summed E-state index contributed by atoms with van der Waals surface area (Å²) < 4.78 is 46.6. The van der Waals surface area contributed by atoms with Crippen molar-refractivity contribution in [2.24, 2.45) is 0 Å². The number of carbonyl (C=O) groups is 1. The van der Waals surface area contributed by atoms with Crippen molar-refractivity contribution >= 4 is 28.7 Å². The lowest BCUT2D eigenvalue weighted by Crippen LogP contribution is -2.35. The monoisotopic (exact) mass is 575 g/mol. The van der Waals surface area contributed by atoms with E-state index in [-0.39, 0.29) is 18.5 Å². The van der Waals surface area contributed by atoms with Crippen LogP contribution in [0.2, 0.25) is 0 Å². The molecule has 1 atom stereocenters. The summed E-state index contributed by atoms with van der Waals surface area (Å²) in [7, 11) is 4.03. The third kappa shape index (κ3) is 5.20. The van der Waals surface area contributed by atoms with Crippen molar-refractivity contribution in [1.29, 1.82) is 0 Å². The number of H-pyrrole nitrogens is 1. The van der Waals surface area contributed by atoms with E-state index < -0.39 is 18.1 Å². The van der Waals surface area contributed by atoms with Crippen LogP contribution in [0.4, 0.5) is 24.5 Å². The fourth-order valence-electron chi connectivity index (χ4n) is 5.45. The van der Waals surface area contributed by atoms with Crippen molar-refractivity contribution in [2.75, 3.05) is 37.0 Å². The number of aromatic amines is 1. The first kappa shape index (κ1) is 27.5. The molecular formula is C30H28F3N7O2. The number of carbonyl (C=O) groups excluding carboxylic acids is 1. The standard InChI is InChI=1S/C30H28F3N7O2/c1-38-11-9-20(16-38)39(2)26-12-23(21-4-3-5-25-22(21)8-10-34-25)24(31)13-27(26)40(17-41)15-19-7-6-18(14-35-19)29-36-37-30(42-29)28(32)33/h3-8,10,12-14,17,20,28,34H,9,11,15-16H2,1-2H3. The first-order valence-electron chi connectivity index (χ1n) is 13.4. The Morgan fingerprint density at radius 2 is 2.00 bits per heavy atom. The number of nitrogens with one attached hydrogen (secondary N) is 1. The number of fused-ring (bicyclic) bond motifs is 1. The van der Waals surface area contributed by atoms with Gasteiger partial charge in [0, 0.05) is 54.6 Å². The number of pyridine rings is 1. The van der Waals surface area contributed by atoms with Gasteiger partial charge < -0.3 is 24.1 Å². The molecule has 42 heavy (non-hydrogen) atoms. The van der Waals surface area contributed by atoms with E-state index in [1.54, 1.807) is 12.1 Å². The zero-order valence-corrected chi connectivity index (χ0v) is 23.0. The Bertz CT molecular complexity index is 1720. The number of likely N-dealkylation sites (N-methyl/N-ethyl adjacent to an activating group) is 2. The molecule has 3 aromatic heterocycles. The van der Waals surface area contributed by atoms with Gasteiger partial charge in [0.25, 0.3) is 5.89 Å². The van der Waals surface area contributed by atoms with Crippen molar-refractivity contribution < 1.29 is 22.4 Å². The largest absolute Gasteiger partial charge is 0.415 e. The molecule has 0 aliphatic carbocycles. The number of hydrogen-bond acceptors (Lipinski definition) is 7. The van der Waals surface area contributed by atoms with Crippen LogP contribution in [-0.4, -0.2) is 64.7 Å². The Labute approximate surface area is 239 Å². The molecular weight excluding hydrogens is 547 g/mol. The molecule has 1 amide bonds. The molecule has 0 saturated carbocycles. The maximum absolute atomic E-state index is 15.9. The molecule has 4 heterocycles. The van der Waals surface area contributed by atoms with Gasteiger partial charge in [0.1, 0.15) is 5.82 Å². The molecule has 2 aromatic carbocycles. The number of alkyl halides is 2. The van der Waals surface area contributed by atoms with E-state index >= 15 is 4.39 Å². The summed E-state index contributed by atoms with van der Waals surface area (Å²) in [5.41, 5.74) is 4.07. The van der Waals surface area contributed by atoms with Crippen LogP contribution in [0.3, 0.4) is 0 Å². The van der Waals surface area contributed by atoms with Crippen LogP contribution in [0.1, 0.15) is 24.4 Å². The smallest absolute Gasteiger partial charge is 0.314 e. The van der Waals surface area contributed by atoms with E-state index in [1.165, 1.54) is 17.2 Å². The van der Waals surface area contributed by atoms with Crippen LogP contribution in [0, 0.1) is 5.82 Å². The van der Waals surface area contributed by atoms with Crippen molar-refractivity contribution in [3.8, 4) is 22.6 Å². The number of anilines is 2. The van der Waals surface area contributed by atoms with Crippen LogP contribution in [0.5, 0.6) is 0 Å². The van der Waals surface area contributed by atoms with Crippen LogP contribution < -0.4 is 9.80 Å². The lowest BCUT2D eigenvalue weighted by atomic mass is 9.99. The number of rotatable bonds is 9. The molecule has 0 bridgehead atoms. The van der Waals surface area contributed by atoms with Crippen molar-refractivity contribution in [3.05, 3.63) is 78.3 Å². The lowest BCUT2D eigenvalue weighted by Gasteiger charge is -2.32. The number of amides is 1. The average molecular weight is 576 g/mol. The van der Waals surface area contributed by atoms with Gasteiger partial charge in [-0.25, -0.2) is 4.39 Å². The topological polar surface area (TPSA) is 94.4 Å². The summed E-state index contributed by atoms with van der Waals surface area (Å²) >= 11 is 0. The van der Waals surface area contributed by atoms with Gasteiger partial charge in [0.15, 0.2) is 0 Å². The number of halogens is 3. The minimum absolute atomic E-state index is 0.0491. The summed E-state index contributed by atoms with van der Waals surface area (Å²) in [4.78, 5) is 25.8. The second-order valence-electron chi connectivity index (χ2n) is 10.4. The van der Waals surface area contributed by atoms with Gasteiger partial charge in [0.2, 0.25) is 12.3 Å². The highest BCUT2D eigenvalue weighted by atomic mass is 19.3. The van der Waals surface area contributed by atoms with Crippen molar-refractivity contribution in [2.45, 2.75) is 25.4 Å². The molecule has 1 aliphatic rings. The van der Waals surface area contributed by atoms with E-state index in [9.17, 15) is 13.6 Å². The zero-order chi connectivity index (χ0) is 29.4. The molecule has 0 spiro atoms. The zero-order valence-electron chi connectivity index (χ0n) is 23.0. The van der Waals surface area contributed by atoms with E-state index in [4.69, 9.17) is 4.42 Å². The summed E-state index contributed by atoms with van der Waals surface area (Å²) in [6.45, 7) is 1.82. The fraction of sp³-hybridized carbons (Fsp3) is 0.267. The SMILES string of the molecule is CN1CCC(N(C)c2cc(-c3cccc4[nH]ccc34)c(F)cc2N(C=O)Cc2ccc(-c3nnc(C(F)F)o3)cn2)C1. The summed E-state index contributed by atoms with van der Waals surface area (Å²) in [5.74, 6) is -1.32. The number of likely N-dealkylation sites (tertiary alicyclic amines) is 1. The molecule has 1 saturated heterocycles. The normalized spacial score (nSPS) is 15.5. The maximum atomic E-state index is 15.9. The number of hydrogen-bond donors (Lipinski definition) is 1. The Morgan fingerprint density at radius 3 is 2.69 bits per heavy atom. The lowest BCUT2D eigenvalue weighted by molar-refractivity contribution is -0.107. The molecule has 1 aliphatic heterocycles. The van der Waals surface area contributed by atoms with Gasteiger partial charge in [-0.05, 0) is 55.9 Å². The highest BCUT2D eigenvalue weighted by Crippen LogP contribution is 2.40. The van der Waals surface area contributed by atoms with E-state index in [2.05, 4.69) is 37.0 Å². The first-order chi connectivity index (χ1) is 20.3. The molecule has 6 rings (SSSR count). The van der Waals surface area contributed by atoms with Crippen LogP contribution in [0.25, 0.3) is 33.5 Å². The summed E-state index contributed by atoms with van der Waals surface area (Å²) in [6.07, 6.45) is 1.94. The van der Waals surface area contributed by atoms with Gasteiger partial charge >= 0.3 is 6.43 Å². The predicted molar refractivity (Wildman–Crippen MR) is 153 cm³/mol. The van der Waals surface area contributed by atoms with Crippen molar-refractivity contribution in [1.82, 2.24) is 25.1 Å². The quantitative estimate of drug-likeness (QED) is 0.227. The minimum atomic E-state index is -2.88. The van der Waals surface area contributed by atoms with Gasteiger partial charge in [-0.1, -0.05) is 12.1 Å². The Morgan fingerprint density at radius 1 is 1.14 bits per heavy atom. The summed E-state index contributed by atoms with van der Waals surface area (Å²) in [5, 5.41) is 7.87. The Kier molecular flexibility index (Phi) is 7.38. The van der Waals surface area contributed by atoms with E-state index in [1.807, 2.05) is 43.6 Å². The molecule has 1 unspecified atom stereocenters. The molecule has 1 N–H and O–H groups in total. The van der Waals surface area contributed by atoms with E-state index in [0.29, 0.717) is 34.6 Å². The third-order valence-corrected chi connectivity index (χ3v) is 7.71. The van der Waals surface area contributed by atoms with Gasteiger partial charge in [-0.15, -0.1) is 10.2 Å². The molecule has 5 aromatic rings. The number of nitrogens with zero attached hydrogens (tertiary/aromatic N) is 6. The van der Waals surface area contributed by atoms with Gasteiger partial charge in [-0.3, -0.25) is 9.78 Å². The fourth-order valence-corrected chi connectivity index (χ4v) is 5.45. The van der Waals surface area contributed by atoms with Crippen LogP contribution >= 0.6 is 0 Å². The predicted octanol–water partition coefficient (Wildman–Crippen LogP) is 5.66. The maximum Gasteiger partial charge on any atom is 0.314 e. The molecule has 12 heteroatoms. The molecule has 0 radical (unpaired) electrons. The third-order valence-electron chi connectivity index (χ3n) is 7.71. The van der Waals surface area contributed by atoms with Crippen LogP contribution in [0.15, 0.2) is 65.3 Å². The summed E-state index contributed by atoms with van der Waals surface area (Å²) in [6, 6.07) is 14.2. The highest BCUT2D eigenvalue weighted by molar-refractivity contribution is 5.97. The number of benzene rings is 2. The molecule has 1 fully saturated rings. The van der Waals surface area contributed by atoms with Crippen molar-refractivity contribution in [3.63, 3.8) is 0 Å². The average Bonchev–Trinajstić information content (AvgIpc) is 3.77. The molecule has 216 valence electrons.